The molecule has 4 rings (SSSR count). The van der Waals surface area contributed by atoms with Crippen molar-refractivity contribution in [3.8, 4) is 0 Å². The van der Waals surface area contributed by atoms with Crippen LogP contribution in [0.15, 0.2) is 18.2 Å². The number of amides is 2. The summed E-state index contributed by atoms with van der Waals surface area (Å²) in [4.78, 5) is 34.4. The second kappa shape index (κ2) is 8.67. The summed E-state index contributed by atoms with van der Waals surface area (Å²) >= 11 is 1.60. The summed E-state index contributed by atoms with van der Waals surface area (Å²) in [7, 11) is 0. The number of nitrogens with zero attached hydrogens (tertiary/aromatic N) is 3. The van der Waals surface area contributed by atoms with Gasteiger partial charge in [-0.25, -0.2) is 13.8 Å². The first-order chi connectivity index (χ1) is 14.4. The van der Waals surface area contributed by atoms with Gasteiger partial charge in [0.15, 0.2) is 5.13 Å². The van der Waals surface area contributed by atoms with Crippen LogP contribution in [0, 0.1) is 17.6 Å². The molecule has 1 atom stereocenters. The monoisotopic (exact) mass is 434 g/mol. The smallest absolute Gasteiger partial charge is 0.227 e. The van der Waals surface area contributed by atoms with Gasteiger partial charge in [-0.15, -0.1) is 11.3 Å². The Kier molecular flexibility index (Phi) is 5.99. The maximum Gasteiger partial charge on any atom is 0.227 e. The van der Waals surface area contributed by atoms with Crippen LogP contribution in [0.3, 0.4) is 0 Å². The molecule has 2 amide bonds. The number of halogens is 2. The topological polar surface area (TPSA) is 65.5 Å². The van der Waals surface area contributed by atoms with E-state index in [0.717, 1.165) is 40.9 Å². The average molecular weight is 435 g/mol. The number of hydrogen-bond donors (Lipinski definition) is 1. The SMILES string of the molecule is CCC(=O)N1CCN(c2nc3c(s2)C[C@@H](C(=O)Nc2ccc(F)cc2F)CC3)CC1. The summed E-state index contributed by atoms with van der Waals surface area (Å²) < 4.78 is 26.9. The minimum Gasteiger partial charge on any atom is -0.345 e. The third kappa shape index (κ3) is 4.30. The summed E-state index contributed by atoms with van der Waals surface area (Å²) in [5, 5.41) is 3.52. The normalized spacial score (nSPS) is 18.8. The molecule has 0 bridgehead atoms. The number of anilines is 2. The second-order valence-corrected chi connectivity index (χ2v) is 8.70. The van der Waals surface area contributed by atoms with Gasteiger partial charge in [0.25, 0.3) is 0 Å². The molecular formula is C21H24F2N4O2S. The summed E-state index contributed by atoms with van der Waals surface area (Å²) in [5.74, 6) is -1.80. The highest BCUT2D eigenvalue weighted by atomic mass is 32.1. The number of benzene rings is 1. The molecule has 1 aromatic carbocycles. The minimum absolute atomic E-state index is 0.00307. The Labute approximate surface area is 177 Å². The molecule has 1 aliphatic heterocycles. The van der Waals surface area contributed by atoms with E-state index in [0.29, 0.717) is 38.8 Å². The quantitative estimate of drug-likeness (QED) is 0.803. The van der Waals surface area contributed by atoms with Crippen LogP contribution in [0.5, 0.6) is 0 Å². The van der Waals surface area contributed by atoms with E-state index in [9.17, 15) is 18.4 Å². The zero-order valence-corrected chi connectivity index (χ0v) is 17.6. The van der Waals surface area contributed by atoms with Gasteiger partial charge in [-0.3, -0.25) is 9.59 Å². The fourth-order valence-corrected chi connectivity index (χ4v) is 5.15. The number of fused-ring (bicyclic) bond motifs is 1. The summed E-state index contributed by atoms with van der Waals surface area (Å²) in [6.07, 6.45) is 2.43. The molecule has 1 fully saturated rings. The van der Waals surface area contributed by atoms with Gasteiger partial charge in [-0.05, 0) is 31.4 Å². The van der Waals surface area contributed by atoms with Gasteiger partial charge in [0.05, 0.1) is 11.4 Å². The van der Waals surface area contributed by atoms with E-state index in [1.165, 1.54) is 6.07 Å². The Morgan fingerprint density at radius 1 is 1.23 bits per heavy atom. The number of hydrogen-bond acceptors (Lipinski definition) is 5. The molecule has 160 valence electrons. The zero-order valence-electron chi connectivity index (χ0n) is 16.8. The van der Waals surface area contributed by atoms with Gasteiger partial charge in [-0.1, -0.05) is 6.92 Å². The van der Waals surface area contributed by atoms with Crippen LogP contribution in [-0.4, -0.2) is 47.9 Å². The lowest BCUT2D eigenvalue weighted by molar-refractivity contribution is -0.131. The molecule has 1 saturated heterocycles. The predicted octanol–water partition coefficient (Wildman–Crippen LogP) is 3.22. The number of rotatable bonds is 4. The highest BCUT2D eigenvalue weighted by molar-refractivity contribution is 7.15. The van der Waals surface area contributed by atoms with Gasteiger partial charge in [0.1, 0.15) is 11.6 Å². The highest BCUT2D eigenvalue weighted by Crippen LogP contribution is 2.35. The van der Waals surface area contributed by atoms with Crippen LogP contribution in [0.4, 0.5) is 19.6 Å². The molecular weight excluding hydrogens is 410 g/mol. The van der Waals surface area contributed by atoms with E-state index < -0.39 is 11.6 Å². The van der Waals surface area contributed by atoms with Crippen molar-refractivity contribution >= 4 is 34.0 Å². The first-order valence-electron chi connectivity index (χ1n) is 10.2. The van der Waals surface area contributed by atoms with Crippen LogP contribution >= 0.6 is 11.3 Å². The van der Waals surface area contributed by atoms with E-state index in [1.54, 1.807) is 11.3 Å². The van der Waals surface area contributed by atoms with E-state index in [4.69, 9.17) is 4.98 Å². The van der Waals surface area contributed by atoms with E-state index in [1.807, 2.05) is 11.8 Å². The summed E-state index contributed by atoms with van der Waals surface area (Å²) in [6, 6.07) is 3.13. The van der Waals surface area contributed by atoms with E-state index in [2.05, 4.69) is 10.2 Å². The Morgan fingerprint density at radius 3 is 2.70 bits per heavy atom. The third-order valence-electron chi connectivity index (χ3n) is 5.69. The van der Waals surface area contributed by atoms with E-state index >= 15 is 0 Å². The van der Waals surface area contributed by atoms with Crippen molar-refractivity contribution in [2.24, 2.45) is 5.92 Å². The molecule has 9 heteroatoms. The first-order valence-corrected chi connectivity index (χ1v) is 11.0. The molecule has 0 radical (unpaired) electrons. The van der Waals surface area contributed by atoms with Gasteiger partial charge in [0, 0.05) is 49.5 Å². The molecule has 6 nitrogen and oxygen atoms in total. The largest absolute Gasteiger partial charge is 0.345 e. The number of carbonyl (C=O) groups excluding carboxylic acids is 2. The lowest BCUT2D eigenvalue weighted by Gasteiger charge is -2.34. The van der Waals surface area contributed by atoms with Crippen LogP contribution < -0.4 is 10.2 Å². The fraction of sp³-hybridized carbons (Fsp3) is 0.476. The van der Waals surface area contributed by atoms with Crippen molar-refractivity contribution in [1.82, 2.24) is 9.88 Å². The second-order valence-electron chi connectivity index (χ2n) is 7.64. The molecule has 1 aromatic heterocycles. The van der Waals surface area contributed by atoms with Crippen molar-refractivity contribution < 1.29 is 18.4 Å². The molecule has 1 aliphatic carbocycles. The first kappa shape index (κ1) is 20.7. The number of piperazine rings is 1. The molecule has 0 spiro atoms. The van der Waals surface area contributed by atoms with E-state index in [-0.39, 0.29) is 23.4 Å². The number of thiazole rings is 1. The van der Waals surface area contributed by atoms with Crippen molar-refractivity contribution in [2.45, 2.75) is 32.6 Å². The molecule has 30 heavy (non-hydrogen) atoms. The molecule has 0 saturated carbocycles. The number of aromatic nitrogens is 1. The molecule has 2 aliphatic rings. The Hall–Kier alpha value is -2.55. The molecule has 0 unspecified atom stereocenters. The Bertz CT molecular complexity index is 956. The average Bonchev–Trinajstić information content (AvgIpc) is 3.18. The van der Waals surface area contributed by atoms with Crippen molar-refractivity contribution in [3.63, 3.8) is 0 Å². The number of aryl methyl sites for hydroxylation is 1. The van der Waals surface area contributed by atoms with Crippen molar-refractivity contribution in [2.75, 3.05) is 36.4 Å². The maximum atomic E-state index is 13.8. The van der Waals surface area contributed by atoms with Gasteiger partial charge >= 0.3 is 0 Å². The minimum atomic E-state index is -0.777. The third-order valence-corrected chi connectivity index (χ3v) is 6.87. The maximum absolute atomic E-state index is 13.8. The standard InChI is InChI=1S/C21H24F2N4O2S/c1-2-19(28)26-7-9-27(10-8-26)21-25-17-5-3-13(11-18(17)30-21)20(29)24-16-6-4-14(22)12-15(16)23/h4,6,12-13H,2-3,5,7-11H2,1H3,(H,24,29)/t13-/m0/s1. The Balaban J connectivity index is 1.38. The van der Waals surface area contributed by atoms with Crippen LogP contribution in [0.2, 0.25) is 0 Å². The van der Waals surface area contributed by atoms with Crippen molar-refractivity contribution in [3.05, 3.63) is 40.4 Å². The van der Waals surface area contributed by atoms with Crippen LogP contribution in [0.1, 0.15) is 30.3 Å². The molecule has 2 aromatic rings. The lowest BCUT2D eigenvalue weighted by Crippen LogP contribution is -2.48. The zero-order chi connectivity index (χ0) is 21.3. The molecule has 1 N–H and O–H groups in total. The van der Waals surface area contributed by atoms with Crippen LogP contribution in [0.25, 0.3) is 0 Å². The fourth-order valence-electron chi connectivity index (χ4n) is 3.92. The van der Waals surface area contributed by atoms with Gasteiger partial charge in [-0.2, -0.15) is 0 Å². The number of nitrogens with one attached hydrogen (secondary N) is 1. The summed E-state index contributed by atoms with van der Waals surface area (Å²) in [5.41, 5.74) is 1.02. The van der Waals surface area contributed by atoms with Crippen molar-refractivity contribution in [1.29, 1.82) is 0 Å². The van der Waals surface area contributed by atoms with Gasteiger partial charge in [0.2, 0.25) is 11.8 Å². The lowest BCUT2D eigenvalue weighted by atomic mass is 9.90. The van der Waals surface area contributed by atoms with Crippen LogP contribution in [-0.2, 0) is 22.4 Å². The molecule has 2 heterocycles. The summed E-state index contributed by atoms with van der Waals surface area (Å²) in [6.45, 7) is 4.79. The predicted molar refractivity (Wildman–Crippen MR) is 112 cm³/mol. The Morgan fingerprint density at radius 2 is 2.00 bits per heavy atom. The number of carbonyl (C=O) groups is 2. The van der Waals surface area contributed by atoms with Gasteiger partial charge < -0.3 is 15.1 Å². The highest BCUT2D eigenvalue weighted by Gasteiger charge is 2.30.